The largest absolute Gasteiger partial charge is 0.434 e. The van der Waals surface area contributed by atoms with Gasteiger partial charge in [0.1, 0.15) is 0 Å². The third-order valence-electron chi connectivity index (χ3n) is 5.67. The lowest BCUT2D eigenvalue weighted by Crippen LogP contribution is -2.48. The minimum absolute atomic E-state index is 0.138. The molecule has 2 aromatic rings. The molecule has 0 radical (unpaired) electrons. The van der Waals surface area contributed by atoms with Crippen LogP contribution in [0.4, 0.5) is 16.6 Å². The summed E-state index contributed by atoms with van der Waals surface area (Å²) in [6.07, 6.45) is 4.38. The van der Waals surface area contributed by atoms with Crippen LogP contribution in [0.15, 0.2) is 22.7 Å². The van der Waals surface area contributed by atoms with Crippen molar-refractivity contribution in [2.75, 3.05) is 23.9 Å². The SMILES string of the molecule is CC(C)(C)N(OC(=O)N1CCC2(CC1)CC2)c1nc(N)nc2cc(Br)ccc12. The molecule has 7 nitrogen and oxygen atoms in total. The van der Waals surface area contributed by atoms with Gasteiger partial charge in [0, 0.05) is 22.9 Å². The highest BCUT2D eigenvalue weighted by Gasteiger charge is 2.45. The third-order valence-corrected chi connectivity index (χ3v) is 6.16. The Morgan fingerprint density at radius 3 is 2.50 bits per heavy atom. The van der Waals surface area contributed by atoms with E-state index in [1.807, 2.05) is 39.0 Å². The number of likely N-dealkylation sites (tertiary alicyclic amines) is 1. The van der Waals surface area contributed by atoms with Gasteiger partial charge in [-0.1, -0.05) is 15.9 Å². The number of piperidine rings is 1. The molecule has 0 unspecified atom stereocenters. The van der Waals surface area contributed by atoms with Gasteiger partial charge in [-0.05, 0) is 70.1 Å². The Balaban J connectivity index is 1.64. The highest BCUT2D eigenvalue weighted by molar-refractivity contribution is 9.10. The molecule has 150 valence electrons. The van der Waals surface area contributed by atoms with Gasteiger partial charge >= 0.3 is 6.09 Å². The van der Waals surface area contributed by atoms with Gasteiger partial charge in [-0.3, -0.25) is 0 Å². The van der Waals surface area contributed by atoms with Crippen LogP contribution in [0.1, 0.15) is 46.5 Å². The van der Waals surface area contributed by atoms with Gasteiger partial charge in [0.2, 0.25) is 5.95 Å². The molecule has 8 heteroatoms. The molecule has 2 N–H and O–H groups in total. The zero-order valence-electron chi connectivity index (χ0n) is 16.5. The number of carbonyl (C=O) groups excluding carboxylic acids is 1. The quantitative estimate of drug-likeness (QED) is 0.681. The van der Waals surface area contributed by atoms with E-state index in [-0.39, 0.29) is 12.0 Å². The van der Waals surface area contributed by atoms with Crippen molar-refractivity contribution in [2.24, 2.45) is 5.41 Å². The van der Waals surface area contributed by atoms with Crippen LogP contribution in [0, 0.1) is 5.41 Å². The number of halogens is 1. The van der Waals surface area contributed by atoms with Crippen LogP contribution in [0.2, 0.25) is 0 Å². The standard InChI is InChI=1S/C20H26BrN5O2/c1-19(2,3)26(28-18(27)25-10-8-20(6-7-20)9-11-25)16-14-5-4-13(21)12-15(14)23-17(22)24-16/h4-5,12H,6-11H2,1-3H3,(H2,22,23,24). The van der Waals surface area contributed by atoms with Crippen molar-refractivity contribution < 1.29 is 9.63 Å². The molecule has 2 aliphatic rings. The Morgan fingerprint density at radius 1 is 1.21 bits per heavy atom. The summed E-state index contributed by atoms with van der Waals surface area (Å²) in [6, 6.07) is 5.69. The molecule has 28 heavy (non-hydrogen) atoms. The molecule has 0 atom stereocenters. The predicted molar refractivity (Wildman–Crippen MR) is 113 cm³/mol. The lowest BCUT2D eigenvalue weighted by molar-refractivity contribution is 0.0569. The number of fused-ring (bicyclic) bond motifs is 1. The number of benzene rings is 1. The lowest BCUT2D eigenvalue weighted by Gasteiger charge is -2.38. The molecule has 1 amide bonds. The van der Waals surface area contributed by atoms with E-state index in [0.29, 0.717) is 16.7 Å². The second kappa shape index (κ2) is 6.76. The number of nitrogens with zero attached hydrogens (tertiary/aromatic N) is 4. The Bertz CT molecular complexity index is 907. The van der Waals surface area contributed by atoms with Gasteiger partial charge in [-0.15, -0.1) is 0 Å². The van der Waals surface area contributed by atoms with E-state index in [1.54, 1.807) is 9.96 Å². The summed E-state index contributed by atoms with van der Waals surface area (Å²) in [5.41, 5.74) is 6.64. The first-order valence-electron chi connectivity index (χ1n) is 9.67. The fourth-order valence-corrected chi connectivity index (χ4v) is 4.08. The number of hydroxylamine groups is 1. The predicted octanol–water partition coefficient (Wildman–Crippen LogP) is 4.51. The molecule has 2 fully saturated rings. The Kier molecular flexibility index (Phi) is 4.64. The number of nitrogens with two attached hydrogens (primary N) is 1. The van der Waals surface area contributed by atoms with Crippen LogP contribution in [-0.2, 0) is 4.84 Å². The van der Waals surface area contributed by atoms with Crippen LogP contribution in [0.3, 0.4) is 0 Å². The second-order valence-corrected chi connectivity index (χ2v) is 9.79. The molecule has 1 saturated carbocycles. The topological polar surface area (TPSA) is 84.6 Å². The second-order valence-electron chi connectivity index (χ2n) is 8.88. The van der Waals surface area contributed by atoms with Crippen molar-refractivity contribution in [3.05, 3.63) is 22.7 Å². The van der Waals surface area contributed by atoms with Crippen molar-refractivity contribution in [3.63, 3.8) is 0 Å². The van der Waals surface area contributed by atoms with Crippen LogP contribution < -0.4 is 10.8 Å². The summed E-state index contributed by atoms with van der Waals surface area (Å²) in [4.78, 5) is 29.3. The van der Waals surface area contributed by atoms with E-state index in [0.717, 1.165) is 35.8 Å². The number of rotatable bonds is 2. The molecule has 1 aromatic heterocycles. The average molecular weight is 448 g/mol. The number of nitrogen functional groups attached to an aromatic ring is 1. The molecule has 1 saturated heterocycles. The number of hydrogen-bond donors (Lipinski definition) is 1. The maximum Gasteiger partial charge on any atom is 0.434 e. The summed E-state index contributed by atoms with van der Waals surface area (Å²) < 4.78 is 0.894. The minimum Gasteiger partial charge on any atom is -0.368 e. The maximum atomic E-state index is 12.9. The van der Waals surface area contributed by atoms with Crippen LogP contribution in [-0.4, -0.2) is 39.6 Å². The number of aromatic nitrogens is 2. The number of hydrogen-bond acceptors (Lipinski definition) is 6. The molecule has 4 rings (SSSR count). The summed E-state index contributed by atoms with van der Waals surface area (Å²) in [7, 11) is 0. The van der Waals surface area contributed by atoms with Gasteiger partial charge in [0.25, 0.3) is 0 Å². The summed E-state index contributed by atoms with van der Waals surface area (Å²) in [5.74, 6) is 0.631. The van der Waals surface area contributed by atoms with E-state index in [2.05, 4.69) is 25.9 Å². The highest BCUT2D eigenvalue weighted by atomic mass is 79.9. The Morgan fingerprint density at radius 2 is 1.89 bits per heavy atom. The van der Waals surface area contributed by atoms with Crippen LogP contribution >= 0.6 is 15.9 Å². The zero-order valence-corrected chi connectivity index (χ0v) is 18.1. The normalized spacial score (nSPS) is 18.4. The number of carbonyl (C=O) groups is 1. The summed E-state index contributed by atoms with van der Waals surface area (Å²) in [5, 5.41) is 2.33. The third kappa shape index (κ3) is 3.74. The first-order valence-corrected chi connectivity index (χ1v) is 10.5. The molecular weight excluding hydrogens is 422 g/mol. The van der Waals surface area contributed by atoms with E-state index >= 15 is 0 Å². The van der Waals surface area contributed by atoms with E-state index in [1.165, 1.54) is 12.8 Å². The van der Waals surface area contributed by atoms with E-state index in [4.69, 9.17) is 10.6 Å². The van der Waals surface area contributed by atoms with Crippen LogP contribution in [0.5, 0.6) is 0 Å². The minimum atomic E-state index is -0.510. The van der Waals surface area contributed by atoms with Crippen molar-refractivity contribution in [1.29, 1.82) is 0 Å². The van der Waals surface area contributed by atoms with Gasteiger partial charge in [0.15, 0.2) is 5.82 Å². The van der Waals surface area contributed by atoms with Crippen molar-refractivity contribution in [2.45, 2.75) is 52.0 Å². The molecular formula is C20H26BrN5O2. The van der Waals surface area contributed by atoms with Gasteiger partial charge in [0.05, 0.1) is 11.1 Å². The molecule has 1 spiro atoms. The Labute approximate surface area is 173 Å². The fourth-order valence-electron chi connectivity index (χ4n) is 3.73. The zero-order chi connectivity index (χ0) is 20.1. The molecule has 0 bridgehead atoms. The summed E-state index contributed by atoms with van der Waals surface area (Å²) in [6.45, 7) is 7.41. The van der Waals surface area contributed by atoms with Crippen molar-refractivity contribution in [3.8, 4) is 0 Å². The first-order chi connectivity index (χ1) is 13.2. The van der Waals surface area contributed by atoms with E-state index < -0.39 is 5.54 Å². The van der Waals surface area contributed by atoms with Crippen molar-refractivity contribution in [1.82, 2.24) is 14.9 Å². The fraction of sp³-hybridized carbons (Fsp3) is 0.550. The lowest BCUT2D eigenvalue weighted by atomic mass is 9.94. The molecule has 1 aromatic carbocycles. The van der Waals surface area contributed by atoms with E-state index in [9.17, 15) is 4.79 Å². The Hall–Kier alpha value is -2.09. The average Bonchev–Trinajstić information content (AvgIpc) is 3.37. The van der Waals surface area contributed by atoms with Crippen molar-refractivity contribution >= 4 is 44.7 Å². The molecule has 1 aliphatic heterocycles. The smallest absolute Gasteiger partial charge is 0.368 e. The number of anilines is 2. The van der Waals surface area contributed by atoms with Gasteiger partial charge in [-0.25, -0.2) is 9.78 Å². The highest BCUT2D eigenvalue weighted by Crippen LogP contribution is 2.53. The molecule has 2 heterocycles. The number of amides is 1. The van der Waals surface area contributed by atoms with Crippen LogP contribution in [0.25, 0.3) is 10.9 Å². The summed E-state index contributed by atoms with van der Waals surface area (Å²) >= 11 is 3.46. The first kappa shape index (κ1) is 19.2. The molecule has 1 aliphatic carbocycles. The monoisotopic (exact) mass is 447 g/mol. The van der Waals surface area contributed by atoms with Gasteiger partial charge in [-0.2, -0.15) is 10.0 Å². The van der Waals surface area contributed by atoms with Gasteiger partial charge < -0.3 is 15.5 Å². The maximum absolute atomic E-state index is 12.9.